The highest BCUT2D eigenvalue weighted by Gasteiger charge is 2.33. The molecule has 0 bridgehead atoms. The average Bonchev–Trinajstić information content (AvgIpc) is 2.37. The summed E-state index contributed by atoms with van der Waals surface area (Å²) in [6.45, 7) is 0. The molecule has 2 aromatic rings. The van der Waals surface area contributed by atoms with E-state index in [4.69, 9.17) is 21.4 Å². The van der Waals surface area contributed by atoms with Gasteiger partial charge in [0.15, 0.2) is 0 Å². The lowest BCUT2D eigenvalue weighted by molar-refractivity contribution is 0.268. The van der Waals surface area contributed by atoms with E-state index >= 15 is 0 Å². The van der Waals surface area contributed by atoms with Crippen molar-refractivity contribution in [3.8, 4) is 11.1 Å². The maximum absolute atomic E-state index is 11.9. The molecule has 0 amide bonds. The van der Waals surface area contributed by atoms with E-state index in [1.54, 1.807) is 30.3 Å². The molecule has 0 aliphatic rings. The molecule has 0 saturated carbocycles. The van der Waals surface area contributed by atoms with Crippen molar-refractivity contribution >= 4 is 32.3 Å². The molecule has 6 nitrogen and oxygen atoms in total. The minimum atomic E-state index is -5.10. The Kier molecular flexibility index (Phi) is 4.71. The second-order valence-corrected chi connectivity index (χ2v) is 7.72. The van der Waals surface area contributed by atoms with Crippen molar-refractivity contribution in [1.82, 2.24) is 0 Å². The highest BCUT2D eigenvalue weighted by Crippen LogP contribution is 2.56. The van der Waals surface area contributed by atoms with Gasteiger partial charge in [0.1, 0.15) is 0 Å². The van der Waals surface area contributed by atoms with Gasteiger partial charge in [-0.1, -0.05) is 41.9 Å². The first-order chi connectivity index (χ1) is 9.69. The van der Waals surface area contributed by atoms with Gasteiger partial charge in [-0.15, -0.1) is 0 Å². The quantitative estimate of drug-likeness (QED) is 0.734. The van der Waals surface area contributed by atoms with Crippen LogP contribution in [0.4, 0.5) is 0 Å². The number of benzene rings is 2. The normalized spacial score (nSPS) is 14.7. The maximum Gasteiger partial charge on any atom is 0.477 e. The van der Waals surface area contributed by atoms with Crippen molar-refractivity contribution in [1.29, 1.82) is 0 Å². The molecule has 1 unspecified atom stereocenters. The van der Waals surface area contributed by atoms with Crippen molar-refractivity contribution in [2.24, 2.45) is 0 Å². The fraction of sp³-hybridized carbons (Fsp3) is 0. The van der Waals surface area contributed by atoms with Crippen LogP contribution in [0, 0.1) is 0 Å². The van der Waals surface area contributed by atoms with Gasteiger partial charge in [-0.25, -0.2) is 8.88 Å². The minimum Gasteiger partial charge on any atom is -0.321 e. The second kappa shape index (κ2) is 6.03. The lowest BCUT2D eigenvalue weighted by Crippen LogP contribution is -2.06. The van der Waals surface area contributed by atoms with Gasteiger partial charge in [-0.05, 0) is 23.8 Å². The van der Waals surface area contributed by atoms with E-state index in [2.05, 4.69) is 4.31 Å². The summed E-state index contributed by atoms with van der Waals surface area (Å²) in [5.41, 5.74) is 1.15. The number of phosphoric acid groups is 1. The standard InChI is InChI=1S/C12H11ClO6P2/c13-12-7-6-10(20(14,15)19-21(16,17)18)8-11(12)9-4-2-1-3-5-9/h1-8H,(H,14,15)(H2,16,17,18). The van der Waals surface area contributed by atoms with E-state index in [0.29, 0.717) is 16.1 Å². The fourth-order valence-corrected chi connectivity index (χ4v) is 4.03. The monoisotopic (exact) mass is 348 g/mol. The fourth-order valence-electron chi connectivity index (χ4n) is 1.72. The van der Waals surface area contributed by atoms with E-state index in [1.165, 1.54) is 18.2 Å². The zero-order valence-corrected chi connectivity index (χ0v) is 13.0. The summed E-state index contributed by atoms with van der Waals surface area (Å²) in [5, 5.41) is 0.0789. The van der Waals surface area contributed by atoms with Gasteiger partial charge in [-0.3, -0.25) is 4.57 Å². The van der Waals surface area contributed by atoms with Crippen LogP contribution in [0.2, 0.25) is 5.02 Å². The van der Waals surface area contributed by atoms with Gasteiger partial charge in [-0.2, -0.15) is 0 Å². The molecule has 0 saturated heterocycles. The molecule has 112 valence electrons. The Morgan fingerprint density at radius 2 is 1.57 bits per heavy atom. The van der Waals surface area contributed by atoms with Crippen molar-refractivity contribution in [2.45, 2.75) is 0 Å². The molecule has 0 fully saturated rings. The largest absolute Gasteiger partial charge is 0.477 e. The molecular weight excluding hydrogens is 338 g/mol. The predicted molar refractivity (Wildman–Crippen MR) is 79.5 cm³/mol. The molecule has 2 aromatic carbocycles. The van der Waals surface area contributed by atoms with Crippen LogP contribution in [0.25, 0.3) is 11.1 Å². The topological polar surface area (TPSA) is 104 Å². The van der Waals surface area contributed by atoms with Crippen LogP contribution in [0.5, 0.6) is 0 Å². The van der Waals surface area contributed by atoms with E-state index in [0.717, 1.165) is 0 Å². The highest BCUT2D eigenvalue weighted by atomic mass is 35.5. The van der Waals surface area contributed by atoms with Crippen LogP contribution < -0.4 is 5.30 Å². The van der Waals surface area contributed by atoms with Gasteiger partial charge in [0.2, 0.25) is 0 Å². The molecule has 1 atom stereocenters. The Bertz CT molecular complexity index is 743. The summed E-state index contributed by atoms with van der Waals surface area (Å²) in [6, 6.07) is 12.7. The zero-order valence-electron chi connectivity index (χ0n) is 10.5. The summed E-state index contributed by atoms with van der Waals surface area (Å²) < 4.78 is 26.7. The SMILES string of the molecule is O=P(O)(O)OP(=O)(O)c1ccc(Cl)c(-c2ccccc2)c1. The number of halogens is 1. The molecule has 2 rings (SSSR count). The van der Waals surface area contributed by atoms with Crippen molar-refractivity contribution in [3.63, 3.8) is 0 Å². The van der Waals surface area contributed by atoms with E-state index < -0.39 is 15.4 Å². The Hall–Kier alpha value is -0.970. The molecule has 0 aliphatic heterocycles. The van der Waals surface area contributed by atoms with Crippen LogP contribution in [0.3, 0.4) is 0 Å². The summed E-state index contributed by atoms with van der Waals surface area (Å²) >= 11 is 6.05. The number of hydrogen-bond acceptors (Lipinski definition) is 3. The van der Waals surface area contributed by atoms with Gasteiger partial charge < -0.3 is 14.7 Å². The molecule has 0 aromatic heterocycles. The van der Waals surface area contributed by atoms with Crippen LogP contribution in [0.15, 0.2) is 48.5 Å². The first-order valence-electron chi connectivity index (χ1n) is 5.64. The van der Waals surface area contributed by atoms with Gasteiger partial charge in [0.25, 0.3) is 0 Å². The summed E-state index contributed by atoms with van der Waals surface area (Å²) in [7, 11) is -9.75. The third kappa shape index (κ3) is 4.25. The van der Waals surface area contributed by atoms with E-state index in [1.807, 2.05) is 0 Å². The number of hydrogen-bond donors (Lipinski definition) is 3. The van der Waals surface area contributed by atoms with Gasteiger partial charge in [0, 0.05) is 10.6 Å². The molecule has 0 spiro atoms. The van der Waals surface area contributed by atoms with Gasteiger partial charge >= 0.3 is 15.4 Å². The Balaban J connectivity index is 2.49. The third-order valence-electron chi connectivity index (χ3n) is 2.58. The highest BCUT2D eigenvalue weighted by molar-refractivity contribution is 7.69. The van der Waals surface area contributed by atoms with Crippen molar-refractivity contribution in [2.75, 3.05) is 0 Å². The zero-order chi connectivity index (χ0) is 15.7. The Morgan fingerprint density at radius 3 is 2.14 bits per heavy atom. The molecule has 0 aliphatic carbocycles. The average molecular weight is 349 g/mol. The molecule has 21 heavy (non-hydrogen) atoms. The first-order valence-corrected chi connectivity index (χ1v) is 9.13. The lowest BCUT2D eigenvalue weighted by Gasteiger charge is -2.14. The van der Waals surface area contributed by atoms with Crippen molar-refractivity contribution < 1.29 is 28.1 Å². The van der Waals surface area contributed by atoms with E-state index in [9.17, 15) is 14.0 Å². The molecule has 3 N–H and O–H groups in total. The summed E-state index contributed by atoms with van der Waals surface area (Å²) in [5.74, 6) is 0. The van der Waals surface area contributed by atoms with Crippen LogP contribution in [-0.2, 0) is 13.4 Å². The minimum absolute atomic E-state index is 0.255. The Morgan fingerprint density at radius 1 is 0.952 bits per heavy atom. The predicted octanol–water partition coefficient (Wildman–Crippen LogP) is 2.93. The summed E-state index contributed by atoms with van der Waals surface area (Å²) in [4.78, 5) is 27.1. The smallest absolute Gasteiger partial charge is 0.321 e. The van der Waals surface area contributed by atoms with Gasteiger partial charge in [0.05, 0.1) is 5.30 Å². The third-order valence-corrected chi connectivity index (χ3v) is 5.57. The molecular formula is C12H11ClO6P2. The maximum atomic E-state index is 11.9. The van der Waals surface area contributed by atoms with E-state index in [-0.39, 0.29) is 5.30 Å². The molecule has 9 heteroatoms. The summed E-state index contributed by atoms with van der Waals surface area (Å²) in [6.07, 6.45) is 0. The van der Waals surface area contributed by atoms with Crippen LogP contribution >= 0.6 is 27.0 Å². The second-order valence-electron chi connectivity index (χ2n) is 4.12. The van der Waals surface area contributed by atoms with Crippen LogP contribution in [-0.4, -0.2) is 14.7 Å². The Labute approximate surface area is 125 Å². The molecule has 0 heterocycles. The van der Waals surface area contributed by atoms with Crippen LogP contribution in [0.1, 0.15) is 0 Å². The van der Waals surface area contributed by atoms with Crippen molar-refractivity contribution in [3.05, 3.63) is 53.6 Å². The lowest BCUT2D eigenvalue weighted by atomic mass is 10.1. The molecule has 0 radical (unpaired) electrons. The number of rotatable bonds is 4. The first kappa shape index (κ1) is 16.4.